The van der Waals surface area contributed by atoms with Gasteiger partial charge in [-0.25, -0.2) is 0 Å². The molecule has 1 fully saturated rings. The van der Waals surface area contributed by atoms with Crippen molar-refractivity contribution in [1.82, 2.24) is 10.2 Å². The van der Waals surface area contributed by atoms with Gasteiger partial charge >= 0.3 is 0 Å². The van der Waals surface area contributed by atoms with Crippen LogP contribution >= 0.6 is 0 Å². The maximum Gasteiger partial charge on any atom is 0.0596 e. The molecule has 0 radical (unpaired) electrons. The van der Waals surface area contributed by atoms with Crippen molar-refractivity contribution in [1.29, 1.82) is 0 Å². The van der Waals surface area contributed by atoms with E-state index in [1.54, 1.807) is 0 Å². The van der Waals surface area contributed by atoms with Gasteiger partial charge in [0.2, 0.25) is 0 Å². The van der Waals surface area contributed by atoms with Gasteiger partial charge in [-0.3, -0.25) is 4.90 Å². The predicted molar refractivity (Wildman–Crippen MR) is 51.9 cm³/mol. The standard InChI is InChI=1S/C10H18N2/c1-3-7-12(2)9-10-5-4-6-11-8-10/h1,10-11H,4-9H2,2H3. The molecular weight excluding hydrogens is 148 g/mol. The highest BCUT2D eigenvalue weighted by Gasteiger charge is 2.13. The molecule has 0 amide bonds. The SMILES string of the molecule is C#CCN(C)CC1CCCNC1. The third-order valence-corrected chi connectivity index (χ3v) is 2.33. The zero-order valence-corrected chi connectivity index (χ0v) is 7.84. The molecule has 0 aliphatic carbocycles. The van der Waals surface area contributed by atoms with Crippen LogP contribution in [0, 0.1) is 18.3 Å². The van der Waals surface area contributed by atoms with E-state index in [1.165, 1.54) is 19.4 Å². The lowest BCUT2D eigenvalue weighted by atomic mass is 9.99. The van der Waals surface area contributed by atoms with E-state index in [9.17, 15) is 0 Å². The van der Waals surface area contributed by atoms with Gasteiger partial charge in [0, 0.05) is 6.54 Å². The van der Waals surface area contributed by atoms with Crippen LogP contribution in [0.3, 0.4) is 0 Å². The van der Waals surface area contributed by atoms with Gasteiger partial charge in [-0.05, 0) is 38.9 Å². The summed E-state index contributed by atoms with van der Waals surface area (Å²) in [6.07, 6.45) is 7.89. The first-order valence-electron chi connectivity index (χ1n) is 4.65. The second-order valence-corrected chi connectivity index (χ2v) is 3.61. The summed E-state index contributed by atoms with van der Waals surface area (Å²) in [5, 5.41) is 3.40. The van der Waals surface area contributed by atoms with Crippen LogP contribution < -0.4 is 5.32 Å². The molecule has 0 spiro atoms. The Morgan fingerprint density at radius 3 is 3.08 bits per heavy atom. The van der Waals surface area contributed by atoms with E-state index in [-0.39, 0.29) is 0 Å². The van der Waals surface area contributed by atoms with Crippen molar-refractivity contribution in [3.63, 3.8) is 0 Å². The fraction of sp³-hybridized carbons (Fsp3) is 0.800. The lowest BCUT2D eigenvalue weighted by molar-refractivity contribution is 0.262. The first kappa shape index (κ1) is 9.57. The molecule has 68 valence electrons. The van der Waals surface area contributed by atoms with Gasteiger partial charge in [-0.2, -0.15) is 0 Å². The van der Waals surface area contributed by atoms with E-state index in [0.717, 1.165) is 25.6 Å². The Bertz CT molecular complexity index is 154. The predicted octanol–water partition coefficient (Wildman–Crippen LogP) is 0.551. The third-order valence-electron chi connectivity index (χ3n) is 2.33. The Morgan fingerprint density at radius 1 is 1.67 bits per heavy atom. The van der Waals surface area contributed by atoms with E-state index in [2.05, 4.69) is 23.2 Å². The van der Waals surface area contributed by atoms with Crippen LogP contribution in [0.2, 0.25) is 0 Å². The molecule has 2 nitrogen and oxygen atoms in total. The molecule has 0 bridgehead atoms. The van der Waals surface area contributed by atoms with Crippen molar-refractivity contribution >= 4 is 0 Å². The van der Waals surface area contributed by atoms with Crippen molar-refractivity contribution in [3.8, 4) is 12.3 Å². The van der Waals surface area contributed by atoms with Gasteiger partial charge < -0.3 is 5.32 Å². The van der Waals surface area contributed by atoms with Crippen molar-refractivity contribution in [2.45, 2.75) is 12.8 Å². The monoisotopic (exact) mass is 166 g/mol. The molecule has 1 aliphatic rings. The number of rotatable bonds is 3. The lowest BCUT2D eigenvalue weighted by Crippen LogP contribution is -2.36. The Hall–Kier alpha value is -0.520. The summed E-state index contributed by atoms with van der Waals surface area (Å²) in [4.78, 5) is 2.22. The first-order chi connectivity index (χ1) is 5.83. The summed E-state index contributed by atoms with van der Waals surface area (Å²) in [5.41, 5.74) is 0. The maximum absolute atomic E-state index is 5.23. The van der Waals surface area contributed by atoms with Crippen molar-refractivity contribution in [2.75, 3.05) is 33.2 Å². The highest BCUT2D eigenvalue weighted by Crippen LogP contribution is 2.10. The molecule has 1 heterocycles. The zero-order chi connectivity index (χ0) is 8.81. The summed E-state index contributed by atoms with van der Waals surface area (Å²) < 4.78 is 0. The molecule has 1 N–H and O–H groups in total. The summed E-state index contributed by atoms with van der Waals surface area (Å²) in [5.74, 6) is 3.47. The van der Waals surface area contributed by atoms with Crippen LogP contribution in [-0.2, 0) is 0 Å². The quantitative estimate of drug-likeness (QED) is 0.616. The van der Waals surface area contributed by atoms with E-state index in [1.807, 2.05) is 0 Å². The first-order valence-corrected chi connectivity index (χ1v) is 4.65. The minimum Gasteiger partial charge on any atom is -0.316 e. The van der Waals surface area contributed by atoms with Gasteiger partial charge in [-0.15, -0.1) is 6.42 Å². The second-order valence-electron chi connectivity index (χ2n) is 3.61. The van der Waals surface area contributed by atoms with E-state index < -0.39 is 0 Å². The highest BCUT2D eigenvalue weighted by molar-refractivity contribution is 4.87. The maximum atomic E-state index is 5.23. The number of hydrogen-bond acceptors (Lipinski definition) is 2. The Morgan fingerprint density at radius 2 is 2.50 bits per heavy atom. The molecule has 0 aromatic carbocycles. The van der Waals surface area contributed by atoms with Crippen LogP contribution in [-0.4, -0.2) is 38.1 Å². The average Bonchev–Trinajstić information content (AvgIpc) is 2.06. The van der Waals surface area contributed by atoms with E-state index >= 15 is 0 Å². The second kappa shape index (κ2) is 5.18. The minimum absolute atomic E-state index is 0.774. The molecule has 1 rings (SSSR count). The number of piperidine rings is 1. The minimum atomic E-state index is 0.774. The number of nitrogens with one attached hydrogen (secondary N) is 1. The summed E-state index contributed by atoms with van der Waals surface area (Å²) in [7, 11) is 2.09. The van der Waals surface area contributed by atoms with Gasteiger partial charge in [-0.1, -0.05) is 5.92 Å². The van der Waals surface area contributed by atoms with Crippen LogP contribution in [0.25, 0.3) is 0 Å². The largest absolute Gasteiger partial charge is 0.316 e. The van der Waals surface area contributed by atoms with E-state index in [4.69, 9.17) is 6.42 Å². The molecule has 0 saturated carbocycles. The van der Waals surface area contributed by atoms with Gasteiger partial charge in [0.15, 0.2) is 0 Å². The molecule has 1 unspecified atom stereocenters. The lowest BCUT2D eigenvalue weighted by Gasteiger charge is -2.26. The normalized spacial score (nSPS) is 23.9. The highest BCUT2D eigenvalue weighted by atomic mass is 15.1. The molecule has 1 saturated heterocycles. The van der Waals surface area contributed by atoms with Crippen LogP contribution in [0.1, 0.15) is 12.8 Å². The van der Waals surface area contributed by atoms with Crippen molar-refractivity contribution in [3.05, 3.63) is 0 Å². The molecule has 1 aliphatic heterocycles. The Balaban J connectivity index is 2.16. The summed E-state index contributed by atoms with van der Waals surface area (Å²) >= 11 is 0. The van der Waals surface area contributed by atoms with Crippen molar-refractivity contribution in [2.24, 2.45) is 5.92 Å². The van der Waals surface area contributed by atoms with Gasteiger partial charge in [0.05, 0.1) is 6.54 Å². The molecule has 0 aromatic heterocycles. The van der Waals surface area contributed by atoms with E-state index in [0.29, 0.717) is 0 Å². The fourth-order valence-corrected chi connectivity index (χ4v) is 1.74. The van der Waals surface area contributed by atoms with Crippen molar-refractivity contribution < 1.29 is 0 Å². The van der Waals surface area contributed by atoms with Gasteiger partial charge in [0.25, 0.3) is 0 Å². The molecular formula is C10H18N2. The molecule has 1 atom stereocenters. The number of terminal acetylenes is 1. The fourth-order valence-electron chi connectivity index (χ4n) is 1.74. The third kappa shape index (κ3) is 3.25. The smallest absolute Gasteiger partial charge is 0.0596 e. The topological polar surface area (TPSA) is 15.3 Å². The van der Waals surface area contributed by atoms with Crippen LogP contribution in [0.5, 0.6) is 0 Å². The zero-order valence-electron chi connectivity index (χ0n) is 7.84. The van der Waals surface area contributed by atoms with Crippen LogP contribution in [0.15, 0.2) is 0 Å². The van der Waals surface area contributed by atoms with Crippen LogP contribution in [0.4, 0.5) is 0 Å². The average molecular weight is 166 g/mol. The molecule has 12 heavy (non-hydrogen) atoms. The summed E-state index contributed by atoms with van der Waals surface area (Å²) in [6.45, 7) is 4.26. The molecule has 2 heteroatoms. The number of nitrogens with zero attached hydrogens (tertiary/aromatic N) is 1. The van der Waals surface area contributed by atoms with Gasteiger partial charge in [0.1, 0.15) is 0 Å². The Kier molecular flexibility index (Phi) is 4.13. The Labute approximate surface area is 75.3 Å². The number of hydrogen-bond donors (Lipinski definition) is 1. The summed E-state index contributed by atoms with van der Waals surface area (Å²) in [6, 6.07) is 0. The molecule has 0 aromatic rings.